The molecule has 0 aromatic carbocycles. The summed E-state index contributed by atoms with van der Waals surface area (Å²) in [4.78, 5) is 29.2. The first kappa shape index (κ1) is 22.5. The van der Waals surface area contributed by atoms with Crippen LogP contribution in [-0.2, 0) is 4.79 Å². The lowest BCUT2D eigenvalue weighted by molar-refractivity contribution is -0.137. The highest BCUT2D eigenvalue weighted by molar-refractivity contribution is 7.18. The maximum atomic E-state index is 13.3. The molecular formula is C25H38N4OS. The minimum Gasteiger partial charge on any atom is -0.356 e. The van der Waals surface area contributed by atoms with Crippen molar-refractivity contribution in [2.45, 2.75) is 79.2 Å². The lowest BCUT2D eigenvalue weighted by Crippen LogP contribution is -2.46. The summed E-state index contributed by atoms with van der Waals surface area (Å²) >= 11 is 1.74. The van der Waals surface area contributed by atoms with Crippen molar-refractivity contribution < 1.29 is 4.79 Å². The van der Waals surface area contributed by atoms with Crippen molar-refractivity contribution in [2.24, 2.45) is 17.3 Å². The summed E-state index contributed by atoms with van der Waals surface area (Å²) in [5.74, 6) is 2.33. The Morgan fingerprint density at radius 2 is 1.71 bits per heavy atom. The molecule has 1 saturated heterocycles. The zero-order valence-electron chi connectivity index (χ0n) is 20.1. The molecule has 2 fully saturated rings. The van der Waals surface area contributed by atoms with Crippen LogP contribution in [0.3, 0.4) is 0 Å². The van der Waals surface area contributed by atoms with E-state index in [0.717, 1.165) is 55.3 Å². The molecule has 2 aromatic rings. The molecule has 0 N–H and O–H groups in total. The molecule has 1 amide bonds. The average molecular weight is 443 g/mol. The Morgan fingerprint density at radius 1 is 1.06 bits per heavy atom. The summed E-state index contributed by atoms with van der Waals surface area (Å²) < 4.78 is 0. The molecule has 0 radical (unpaired) electrons. The molecule has 1 aliphatic carbocycles. The van der Waals surface area contributed by atoms with Gasteiger partial charge < -0.3 is 9.80 Å². The highest BCUT2D eigenvalue weighted by Gasteiger charge is 2.35. The van der Waals surface area contributed by atoms with Crippen LogP contribution in [0.5, 0.6) is 0 Å². The fourth-order valence-corrected chi connectivity index (χ4v) is 6.53. The molecule has 0 bridgehead atoms. The second kappa shape index (κ2) is 8.68. The molecule has 2 aromatic heterocycles. The number of hydrogen-bond acceptors (Lipinski definition) is 5. The fourth-order valence-electron chi connectivity index (χ4n) is 5.54. The molecule has 170 valence electrons. The number of amides is 1. The SMILES string of the molecule is Cc1sc2ncnc(N3CCC(C(=O)N(C)C4CCC(C(C)(C)C)CC4)CC3)c2c1C. The number of carbonyl (C=O) groups is 1. The predicted molar refractivity (Wildman–Crippen MR) is 130 cm³/mol. The standard InChI is InChI=1S/C25H38N4OS/c1-16-17(2)31-23-21(16)22(26-15-27-23)29-13-11-18(12-14-29)24(30)28(6)20-9-7-19(8-10-20)25(3,4)5/h15,18-20H,7-14H2,1-6H3. The van der Waals surface area contributed by atoms with Crippen molar-refractivity contribution in [3.05, 3.63) is 16.8 Å². The highest BCUT2D eigenvalue weighted by Crippen LogP contribution is 2.40. The molecular weight excluding hydrogens is 404 g/mol. The Labute approximate surface area is 191 Å². The Hall–Kier alpha value is -1.69. The molecule has 31 heavy (non-hydrogen) atoms. The Morgan fingerprint density at radius 3 is 2.32 bits per heavy atom. The van der Waals surface area contributed by atoms with Gasteiger partial charge in [0.15, 0.2) is 0 Å². The van der Waals surface area contributed by atoms with E-state index in [1.165, 1.54) is 28.7 Å². The molecule has 4 rings (SSSR count). The topological polar surface area (TPSA) is 49.3 Å². The van der Waals surface area contributed by atoms with Gasteiger partial charge in [-0.15, -0.1) is 11.3 Å². The second-order valence-electron chi connectivity index (χ2n) is 10.7. The van der Waals surface area contributed by atoms with Gasteiger partial charge in [0, 0.05) is 37.0 Å². The summed E-state index contributed by atoms with van der Waals surface area (Å²) in [7, 11) is 2.04. The van der Waals surface area contributed by atoms with Crippen molar-refractivity contribution in [3.8, 4) is 0 Å². The molecule has 1 aliphatic heterocycles. The minimum absolute atomic E-state index is 0.143. The van der Waals surface area contributed by atoms with Gasteiger partial charge in [0.25, 0.3) is 0 Å². The summed E-state index contributed by atoms with van der Waals surface area (Å²) in [6, 6.07) is 0.419. The number of nitrogens with zero attached hydrogens (tertiary/aromatic N) is 4. The second-order valence-corrected chi connectivity index (χ2v) is 11.9. The number of hydrogen-bond donors (Lipinski definition) is 0. The predicted octanol–water partition coefficient (Wildman–Crippen LogP) is 5.59. The van der Waals surface area contributed by atoms with Gasteiger partial charge in [-0.1, -0.05) is 20.8 Å². The quantitative estimate of drug-likeness (QED) is 0.622. The van der Waals surface area contributed by atoms with Crippen molar-refractivity contribution in [1.29, 1.82) is 0 Å². The number of rotatable bonds is 3. The summed E-state index contributed by atoms with van der Waals surface area (Å²) in [6.45, 7) is 13.2. The van der Waals surface area contributed by atoms with E-state index in [1.54, 1.807) is 17.7 Å². The smallest absolute Gasteiger partial charge is 0.225 e. The number of thiophene rings is 1. The van der Waals surface area contributed by atoms with Crippen LogP contribution >= 0.6 is 11.3 Å². The highest BCUT2D eigenvalue weighted by atomic mass is 32.1. The van der Waals surface area contributed by atoms with E-state index in [1.807, 2.05) is 7.05 Å². The maximum Gasteiger partial charge on any atom is 0.225 e. The van der Waals surface area contributed by atoms with E-state index >= 15 is 0 Å². The molecule has 6 heteroatoms. The number of fused-ring (bicyclic) bond motifs is 1. The van der Waals surface area contributed by atoms with Gasteiger partial charge in [-0.2, -0.15) is 0 Å². The number of piperidine rings is 1. The third-order valence-electron chi connectivity index (χ3n) is 7.91. The van der Waals surface area contributed by atoms with Crippen LogP contribution < -0.4 is 4.90 Å². The van der Waals surface area contributed by atoms with E-state index in [-0.39, 0.29) is 5.92 Å². The lowest BCUT2D eigenvalue weighted by Gasteiger charge is -2.41. The van der Waals surface area contributed by atoms with Crippen LogP contribution in [0.25, 0.3) is 10.2 Å². The maximum absolute atomic E-state index is 13.3. The van der Waals surface area contributed by atoms with E-state index < -0.39 is 0 Å². The molecule has 5 nitrogen and oxygen atoms in total. The first-order valence-corrected chi connectivity index (χ1v) is 12.7. The average Bonchev–Trinajstić information content (AvgIpc) is 3.06. The first-order valence-electron chi connectivity index (χ1n) is 11.9. The van der Waals surface area contributed by atoms with Crippen LogP contribution in [0.1, 0.15) is 69.7 Å². The first-order chi connectivity index (χ1) is 14.7. The zero-order valence-corrected chi connectivity index (χ0v) is 20.9. The molecule has 0 spiro atoms. The van der Waals surface area contributed by atoms with E-state index in [4.69, 9.17) is 0 Å². The van der Waals surface area contributed by atoms with Gasteiger partial charge in [0.05, 0.1) is 5.39 Å². The molecule has 1 saturated carbocycles. The Balaban J connectivity index is 1.36. The van der Waals surface area contributed by atoms with Crippen LogP contribution in [0, 0.1) is 31.1 Å². The summed E-state index contributed by atoms with van der Waals surface area (Å²) in [5.41, 5.74) is 1.67. The molecule has 0 atom stereocenters. The summed E-state index contributed by atoms with van der Waals surface area (Å²) in [6.07, 6.45) is 8.30. The van der Waals surface area contributed by atoms with Gasteiger partial charge in [0.1, 0.15) is 17.0 Å². The number of anilines is 1. The Kier molecular flexibility index (Phi) is 6.30. The largest absolute Gasteiger partial charge is 0.356 e. The van der Waals surface area contributed by atoms with Gasteiger partial charge in [-0.25, -0.2) is 9.97 Å². The zero-order chi connectivity index (χ0) is 22.3. The number of aryl methyl sites for hydroxylation is 2. The van der Waals surface area contributed by atoms with Crippen LogP contribution in [0.2, 0.25) is 0 Å². The van der Waals surface area contributed by atoms with E-state index in [2.05, 4.69) is 54.4 Å². The third kappa shape index (κ3) is 4.46. The van der Waals surface area contributed by atoms with Gasteiger partial charge in [-0.3, -0.25) is 4.79 Å². The van der Waals surface area contributed by atoms with Gasteiger partial charge >= 0.3 is 0 Å². The van der Waals surface area contributed by atoms with E-state index in [9.17, 15) is 4.79 Å². The molecule has 0 unspecified atom stereocenters. The van der Waals surface area contributed by atoms with Crippen LogP contribution in [0.15, 0.2) is 6.33 Å². The Bertz CT molecular complexity index is 931. The third-order valence-corrected chi connectivity index (χ3v) is 9.02. The molecule has 2 aliphatic rings. The van der Waals surface area contributed by atoms with Crippen molar-refractivity contribution in [3.63, 3.8) is 0 Å². The normalized spacial score (nSPS) is 23.4. The van der Waals surface area contributed by atoms with Gasteiger partial charge in [0.2, 0.25) is 5.91 Å². The minimum atomic E-state index is 0.143. The van der Waals surface area contributed by atoms with Crippen molar-refractivity contribution >= 4 is 33.3 Å². The van der Waals surface area contributed by atoms with Crippen LogP contribution in [-0.4, -0.2) is 47.0 Å². The van der Waals surface area contributed by atoms with Crippen molar-refractivity contribution in [1.82, 2.24) is 14.9 Å². The summed E-state index contributed by atoms with van der Waals surface area (Å²) in [5, 5.41) is 1.20. The van der Waals surface area contributed by atoms with Gasteiger partial charge in [-0.05, 0) is 69.3 Å². The number of carbonyl (C=O) groups excluding carboxylic acids is 1. The molecule has 3 heterocycles. The van der Waals surface area contributed by atoms with E-state index in [0.29, 0.717) is 17.4 Å². The monoisotopic (exact) mass is 442 g/mol. The number of aromatic nitrogens is 2. The fraction of sp³-hybridized carbons (Fsp3) is 0.720. The lowest BCUT2D eigenvalue weighted by atomic mass is 9.71. The van der Waals surface area contributed by atoms with Crippen molar-refractivity contribution in [2.75, 3.05) is 25.0 Å². The van der Waals surface area contributed by atoms with Crippen LogP contribution in [0.4, 0.5) is 5.82 Å².